The van der Waals surface area contributed by atoms with Crippen LogP contribution in [0.15, 0.2) is 24.4 Å². The summed E-state index contributed by atoms with van der Waals surface area (Å²) in [5.74, 6) is -0.229. The van der Waals surface area contributed by atoms with Crippen LogP contribution in [0.1, 0.15) is 50.4 Å². The highest BCUT2D eigenvalue weighted by atomic mass is 35.5. The lowest BCUT2D eigenvalue weighted by Gasteiger charge is -2.32. The predicted molar refractivity (Wildman–Crippen MR) is 115 cm³/mol. The highest BCUT2D eigenvalue weighted by Crippen LogP contribution is 2.63. The fourth-order valence-electron chi connectivity index (χ4n) is 3.30. The molecule has 1 aromatic heterocycles. The molecule has 0 aromatic carbocycles. The molecule has 1 aliphatic heterocycles. The van der Waals surface area contributed by atoms with Crippen molar-refractivity contribution in [2.24, 2.45) is 5.41 Å². The summed E-state index contributed by atoms with van der Waals surface area (Å²) in [7, 11) is 11.8. The molecule has 1 unspecified atom stereocenters. The van der Waals surface area contributed by atoms with Crippen molar-refractivity contribution in [3.8, 4) is 0 Å². The molecule has 1 fully saturated rings. The van der Waals surface area contributed by atoms with Crippen molar-refractivity contribution in [3.05, 3.63) is 35.1 Å². The molecule has 0 saturated heterocycles. The number of aromatic nitrogens is 1. The molecule has 1 saturated carbocycles. The number of nitrogens with one attached hydrogen (secondary N) is 1. The largest absolute Gasteiger partial charge is 0.456 e. The van der Waals surface area contributed by atoms with Gasteiger partial charge in [-0.3, -0.25) is 5.01 Å². The molecule has 32 heavy (non-hydrogen) atoms. The van der Waals surface area contributed by atoms with Gasteiger partial charge in [-0.1, -0.05) is 16.8 Å². The van der Waals surface area contributed by atoms with Gasteiger partial charge in [0.05, 0.1) is 26.7 Å². The minimum absolute atomic E-state index is 0.0216. The Balaban J connectivity index is 1.55. The molecule has 1 aromatic rings. The number of ether oxygens (including phenoxy) is 2. The van der Waals surface area contributed by atoms with Crippen molar-refractivity contribution in [1.29, 1.82) is 0 Å². The number of hydrogen-bond donors (Lipinski definition) is 1. The first kappa shape index (κ1) is 24.9. The molecule has 3 rings (SSSR count). The molecule has 4 radical (unpaired) electrons. The van der Waals surface area contributed by atoms with Crippen LogP contribution in [0.5, 0.6) is 0 Å². The highest BCUT2D eigenvalue weighted by molar-refractivity contribution is 6.40. The number of halogens is 4. The fourth-order valence-corrected chi connectivity index (χ4v) is 3.53. The van der Waals surface area contributed by atoms with E-state index in [9.17, 15) is 18.0 Å². The summed E-state index contributed by atoms with van der Waals surface area (Å²) < 4.78 is 50.4. The first-order chi connectivity index (χ1) is 14.6. The number of anilines is 1. The molecule has 1 N–H and O–H groups in total. The van der Waals surface area contributed by atoms with E-state index in [4.69, 9.17) is 36.8 Å². The Kier molecular flexibility index (Phi) is 6.68. The first-order valence-corrected chi connectivity index (χ1v) is 10.4. The Morgan fingerprint density at radius 3 is 2.50 bits per heavy atom. The smallest absolute Gasteiger partial charge is 0.394 e. The van der Waals surface area contributed by atoms with Gasteiger partial charge in [0.15, 0.2) is 0 Å². The Morgan fingerprint density at radius 2 is 1.97 bits per heavy atom. The zero-order chi connectivity index (χ0) is 23.9. The molecular weight excluding hydrogens is 444 g/mol. The third-order valence-corrected chi connectivity index (χ3v) is 5.32. The monoisotopic (exact) mass is 467 g/mol. The maximum Gasteiger partial charge on any atom is 0.394 e. The van der Waals surface area contributed by atoms with Crippen LogP contribution in [-0.4, -0.2) is 51.3 Å². The molecule has 0 bridgehead atoms. The molecule has 6 nitrogen and oxygen atoms in total. The first-order valence-electron chi connectivity index (χ1n) is 10.0. The fraction of sp³-hybridized carbons (Fsp3) is 0.600. The van der Waals surface area contributed by atoms with E-state index in [1.54, 1.807) is 39.1 Å². The summed E-state index contributed by atoms with van der Waals surface area (Å²) in [5.41, 5.74) is 0.558. The van der Waals surface area contributed by atoms with E-state index in [2.05, 4.69) is 10.4 Å². The lowest BCUT2D eigenvalue weighted by Crippen LogP contribution is -2.40. The minimum atomic E-state index is -4.34. The van der Waals surface area contributed by atoms with E-state index in [-0.39, 0.29) is 30.2 Å². The molecular formula is C20H23B2ClF3N3O3. The second kappa shape index (κ2) is 8.57. The zero-order valence-electron chi connectivity index (χ0n) is 18.0. The highest BCUT2D eigenvalue weighted by Gasteiger charge is 2.63. The maximum absolute atomic E-state index is 13.2. The average molecular weight is 467 g/mol. The third kappa shape index (κ3) is 5.99. The zero-order valence-corrected chi connectivity index (χ0v) is 18.8. The van der Waals surface area contributed by atoms with Crippen molar-refractivity contribution in [3.63, 3.8) is 0 Å². The number of carbonyl (C=O) groups is 1. The molecule has 170 valence electrons. The Labute approximate surface area is 192 Å². The predicted octanol–water partition coefficient (Wildman–Crippen LogP) is 4.06. The number of alkyl halides is 3. The van der Waals surface area contributed by atoms with Crippen LogP contribution >= 0.6 is 11.6 Å². The molecule has 2 aliphatic rings. The SMILES string of the molecule is [B]C([B])(COC1C=CN(c2ccc(C(=O)OC(C)(C)C)c(Cl)n2)N1)CC1(C(F)(F)F)CC1. The Hall–Kier alpha value is -1.71. The summed E-state index contributed by atoms with van der Waals surface area (Å²) in [6, 6.07) is 3.04. The second-order valence-corrected chi connectivity index (χ2v) is 9.63. The Morgan fingerprint density at radius 1 is 1.31 bits per heavy atom. The van der Waals surface area contributed by atoms with Gasteiger partial charge in [-0.15, -0.1) is 0 Å². The van der Waals surface area contributed by atoms with Crippen molar-refractivity contribution in [2.75, 3.05) is 11.6 Å². The molecule has 0 amide bonds. The van der Waals surface area contributed by atoms with E-state index < -0.39 is 41.0 Å². The lowest BCUT2D eigenvalue weighted by atomic mass is 9.51. The summed E-state index contributed by atoms with van der Waals surface area (Å²) in [4.78, 5) is 16.4. The van der Waals surface area contributed by atoms with E-state index in [1.165, 1.54) is 11.1 Å². The van der Waals surface area contributed by atoms with Crippen LogP contribution in [0, 0.1) is 5.41 Å². The van der Waals surface area contributed by atoms with Gasteiger partial charge in [-0.2, -0.15) is 18.6 Å². The van der Waals surface area contributed by atoms with Crippen molar-refractivity contribution in [1.82, 2.24) is 10.4 Å². The second-order valence-electron chi connectivity index (χ2n) is 9.27. The van der Waals surface area contributed by atoms with Gasteiger partial charge in [0, 0.05) is 12.8 Å². The van der Waals surface area contributed by atoms with Crippen molar-refractivity contribution < 1.29 is 27.4 Å². The van der Waals surface area contributed by atoms with Gasteiger partial charge in [0.1, 0.15) is 22.8 Å². The molecule has 1 aliphatic carbocycles. The van der Waals surface area contributed by atoms with E-state index in [0.717, 1.165) is 0 Å². The van der Waals surface area contributed by atoms with E-state index in [1.807, 2.05) is 0 Å². The van der Waals surface area contributed by atoms with Crippen LogP contribution in [-0.2, 0) is 9.47 Å². The van der Waals surface area contributed by atoms with Crippen LogP contribution in [0.3, 0.4) is 0 Å². The van der Waals surface area contributed by atoms with Gasteiger partial charge >= 0.3 is 12.1 Å². The number of rotatable bonds is 7. The van der Waals surface area contributed by atoms with Crippen LogP contribution in [0.4, 0.5) is 19.0 Å². The van der Waals surface area contributed by atoms with Crippen LogP contribution < -0.4 is 10.4 Å². The quantitative estimate of drug-likeness (QED) is 0.371. The number of nitrogens with zero attached hydrogens (tertiary/aromatic N) is 2. The lowest BCUT2D eigenvalue weighted by molar-refractivity contribution is -0.190. The third-order valence-electron chi connectivity index (χ3n) is 5.03. The van der Waals surface area contributed by atoms with E-state index in [0.29, 0.717) is 5.82 Å². The molecule has 12 heteroatoms. The molecule has 2 heterocycles. The number of pyridine rings is 1. The van der Waals surface area contributed by atoms with Crippen LogP contribution in [0.2, 0.25) is 10.4 Å². The standard InChI is InChI=1S/C20H23B2ClF3N3O3/c1-17(2,3)32-16(30)12-4-5-13(27-15(12)23)29-9-6-14(28-29)31-11-19(21,22)10-18(7-8-18)20(24,25)26/h4-6,9,14,28H,7-8,10-11H2,1-3H3. The van der Waals surface area contributed by atoms with E-state index >= 15 is 0 Å². The minimum Gasteiger partial charge on any atom is -0.456 e. The van der Waals surface area contributed by atoms with Gasteiger partial charge in [0.2, 0.25) is 0 Å². The van der Waals surface area contributed by atoms with Gasteiger partial charge in [-0.25, -0.2) is 9.78 Å². The summed E-state index contributed by atoms with van der Waals surface area (Å²) in [6.07, 6.45) is -2.18. The van der Waals surface area contributed by atoms with Gasteiger partial charge in [-0.05, 0) is 58.2 Å². The number of hydrogen-bond acceptors (Lipinski definition) is 6. The number of hydrazine groups is 1. The Bertz CT molecular complexity index is 902. The normalized spacial score (nSPS) is 20.5. The number of esters is 1. The van der Waals surface area contributed by atoms with Gasteiger partial charge in [0.25, 0.3) is 0 Å². The topological polar surface area (TPSA) is 63.7 Å². The average Bonchev–Trinajstić information content (AvgIpc) is 3.25. The summed E-state index contributed by atoms with van der Waals surface area (Å²) in [6.45, 7) is 4.94. The van der Waals surface area contributed by atoms with Crippen LogP contribution in [0.25, 0.3) is 0 Å². The van der Waals surface area contributed by atoms with Crippen molar-refractivity contribution >= 4 is 39.1 Å². The number of carbonyl (C=O) groups excluding carboxylic acids is 1. The van der Waals surface area contributed by atoms with Crippen molar-refractivity contribution in [2.45, 2.75) is 63.3 Å². The maximum atomic E-state index is 13.2. The van der Waals surface area contributed by atoms with Gasteiger partial charge < -0.3 is 9.47 Å². The molecule has 1 atom stereocenters. The molecule has 0 spiro atoms. The summed E-state index contributed by atoms with van der Waals surface area (Å²) >= 11 is 6.15. The summed E-state index contributed by atoms with van der Waals surface area (Å²) in [5, 5.41) is -0.186.